The smallest absolute Gasteiger partial charge is 0.419 e. The first-order valence-electron chi connectivity index (χ1n) is 9.40. The van der Waals surface area contributed by atoms with Crippen molar-refractivity contribution in [2.75, 3.05) is 5.32 Å². The third kappa shape index (κ3) is 4.55. The lowest BCUT2D eigenvalue weighted by Gasteiger charge is -2.08. The minimum atomic E-state index is -0.402. The highest BCUT2D eigenvalue weighted by Crippen LogP contribution is 2.22. The molecule has 0 aliphatic heterocycles. The van der Waals surface area contributed by atoms with Crippen LogP contribution in [0.1, 0.15) is 12.8 Å². The van der Waals surface area contributed by atoms with E-state index in [1.54, 1.807) is 34.9 Å². The molecule has 0 bridgehead atoms. The minimum Gasteiger partial charge on any atom is -0.457 e. The van der Waals surface area contributed by atoms with E-state index in [9.17, 15) is 9.59 Å². The van der Waals surface area contributed by atoms with Gasteiger partial charge in [0.2, 0.25) is 5.91 Å². The first-order chi connectivity index (χ1) is 14.2. The minimum absolute atomic E-state index is 0.109. The predicted octanol–water partition coefficient (Wildman–Crippen LogP) is 4.81. The first kappa shape index (κ1) is 18.6. The van der Waals surface area contributed by atoms with Gasteiger partial charge >= 0.3 is 5.76 Å². The number of anilines is 1. The highest BCUT2D eigenvalue weighted by atomic mass is 16.5. The standard InChI is InChI=1S/C23H20N2O4/c26-22(11-6-16-25-20-9-4-5-10-21(20)29-23(25)27)24-17-12-14-19(15-13-17)28-18-7-2-1-3-8-18/h1-5,7-10,12-15H,6,11,16H2,(H,24,26). The van der Waals surface area contributed by atoms with Crippen LogP contribution in [-0.2, 0) is 11.3 Å². The number of hydrogen-bond donors (Lipinski definition) is 1. The van der Waals surface area contributed by atoms with E-state index >= 15 is 0 Å². The van der Waals surface area contributed by atoms with Crippen LogP contribution >= 0.6 is 0 Å². The Labute approximate surface area is 167 Å². The molecule has 0 radical (unpaired) electrons. The number of rotatable bonds is 7. The van der Waals surface area contributed by atoms with Gasteiger partial charge in [-0.15, -0.1) is 0 Å². The lowest BCUT2D eigenvalue weighted by molar-refractivity contribution is -0.116. The summed E-state index contributed by atoms with van der Waals surface area (Å²) in [6.45, 7) is 0.424. The molecule has 0 saturated heterocycles. The van der Waals surface area contributed by atoms with Gasteiger partial charge < -0.3 is 14.5 Å². The molecule has 1 aromatic heterocycles. The molecule has 1 amide bonds. The molecule has 6 nitrogen and oxygen atoms in total. The van der Waals surface area contributed by atoms with Crippen molar-refractivity contribution >= 4 is 22.7 Å². The van der Waals surface area contributed by atoms with E-state index < -0.39 is 5.76 Å². The summed E-state index contributed by atoms with van der Waals surface area (Å²) in [4.78, 5) is 24.2. The molecule has 4 aromatic rings. The Morgan fingerprint density at radius 1 is 0.897 bits per heavy atom. The van der Waals surface area contributed by atoms with Gasteiger partial charge in [0.1, 0.15) is 11.5 Å². The van der Waals surface area contributed by atoms with E-state index in [0.717, 1.165) is 11.3 Å². The number of amides is 1. The van der Waals surface area contributed by atoms with Crippen LogP contribution in [0.4, 0.5) is 5.69 Å². The van der Waals surface area contributed by atoms with E-state index in [1.165, 1.54) is 0 Å². The number of nitrogens with zero attached hydrogens (tertiary/aromatic N) is 1. The summed E-state index contributed by atoms with van der Waals surface area (Å²) in [5.41, 5.74) is 1.99. The number of carbonyl (C=O) groups is 1. The number of para-hydroxylation sites is 3. The van der Waals surface area contributed by atoms with Crippen molar-refractivity contribution in [2.24, 2.45) is 0 Å². The number of oxazole rings is 1. The maximum Gasteiger partial charge on any atom is 0.419 e. The van der Waals surface area contributed by atoms with Crippen LogP contribution in [0.15, 0.2) is 88.1 Å². The molecule has 0 spiro atoms. The number of benzene rings is 3. The van der Waals surface area contributed by atoms with Gasteiger partial charge in [-0.3, -0.25) is 9.36 Å². The van der Waals surface area contributed by atoms with Gasteiger partial charge in [-0.25, -0.2) is 4.79 Å². The molecule has 1 N–H and O–H groups in total. The summed E-state index contributed by atoms with van der Waals surface area (Å²) in [5.74, 6) is 0.940. The topological polar surface area (TPSA) is 73.5 Å². The van der Waals surface area contributed by atoms with Crippen molar-refractivity contribution in [3.05, 3.63) is 89.4 Å². The highest BCUT2D eigenvalue weighted by molar-refractivity contribution is 5.90. The van der Waals surface area contributed by atoms with Crippen LogP contribution in [0.25, 0.3) is 11.1 Å². The lowest BCUT2D eigenvalue weighted by atomic mass is 10.2. The Balaban J connectivity index is 1.29. The second kappa shape index (κ2) is 8.48. The Morgan fingerprint density at radius 3 is 2.38 bits per heavy atom. The van der Waals surface area contributed by atoms with E-state index in [0.29, 0.717) is 36.4 Å². The molecule has 0 unspecified atom stereocenters. The lowest BCUT2D eigenvalue weighted by Crippen LogP contribution is -2.17. The van der Waals surface area contributed by atoms with Gasteiger partial charge in [0.15, 0.2) is 5.58 Å². The van der Waals surface area contributed by atoms with E-state index in [-0.39, 0.29) is 5.91 Å². The van der Waals surface area contributed by atoms with Gasteiger partial charge in [-0.1, -0.05) is 30.3 Å². The third-order valence-electron chi connectivity index (χ3n) is 4.48. The Morgan fingerprint density at radius 2 is 1.59 bits per heavy atom. The van der Waals surface area contributed by atoms with Crippen LogP contribution in [0.5, 0.6) is 11.5 Å². The molecule has 0 saturated carbocycles. The van der Waals surface area contributed by atoms with E-state index in [2.05, 4.69) is 5.32 Å². The van der Waals surface area contributed by atoms with Crippen molar-refractivity contribution in [2.45, 2.75) is 19.4 Å². The molecule has 3 aromatic carbocycles. The van der Waals surface area contributed by atoms with Crippen molar-refractivity contribution in [1.29, 1.82) is 0 Å². The van der Waals surface area contributed by atoms with Crippen molar-refractivity contribution in [3.63, 3.8) is 0 Å². The third-order valence-corrected chi connectivity index (χ3v) is 4.48. The Bertz CT molecular complexity index is 1160. The largest absolute Gasteiger partial charge is 0.457 e. The first-order valence-corrected chi connectivity index (χ1v) is 9.40. The number of ether oxygens (including phenoxy) is 1. The van der Waals surface area contributed by atoms with Crippen molar-refractivity contribution in [3.8, 4) is 11.5 Å². The summed E-state index contributed by atoms with van der Waals surface area (Å²) in [6, 6.07) is 24.0. The average molecular weight is 388 g/mol. The molecule has 6 heteroatoms. The maximum atomic E-state index is 12.2. The van der Waals surface area contributed by atoms with Crippen LogP contribution in [-0.4, -0.2) is 10.5 Å². The normalized spacial score (nSPS) is 10.8. The summed E-state index contributed by atoms with van der Waals surface area (Å²) in [7, 11) is 0. The fourth-order valence-electron chi connectivity index (χ4n) is 3.08. The number of nitrogens with one attached hydrogen (secondary N) is 1. The average Bonchev–Trinajstić information content (AvgIpc) is 3.06. The molecule has 0 aliphatic carbocycles. The fraction of sp³-hybridized carbons (Fsp3) is 0.130. The second-order valence-corrected chi connectivity index (χ2v) is 6.58. The molecule has 0 atom stereocenters. The molecule has 0 aliphatic rings. The van der Waals surface area contributed by atoms with Crippen molar-refractivity contribution in [1.82, 2.24) is 4.57 Å². The SMILES string of the molecule is O=C(CCCn1c(=O)oc2ccccc21)Nc1ccc(Oc2ccccc2)cc1. The molecule has 29 heavy (non-hydrogen) atoms. The van der Waals surface area contributed by atoms with Crippen LogP contribution in [0, 0.1) is 0 Å². The Hall–Kier alpha value is -3.80. The van der Waals surface area contributed by atoms with Gasteiger partial charge in [-0.2, -0.15) is 0 Å². The quantitative estimate of drug-likeness (QED) is 0.493. The summed E-state index contributed by atoms with van der Waals surface area (Å²) in [5, 5.41) is 2.86. The van der Waals surface area contributed by atoms with Gasteiger partial charge in [0.25, 0.3) is 0 Å². The van der Waals surface area contributed by atoms with Crippen LogP contribution in [0.3, 0.4) is 0 Å². The van der Waals surface area contributed by atoms with Gasteiger partial charge in [-0.05, 0) is 55.0 Å². The summed E-state index contributed by atoms with van der Waals surface area (Å²) in [6.07, 6.45) is 0.832. The zero-order valence-electron chi connectivity index (χ0n) is 15.7. The van der Waals surface area contributed by atoms with Crippen LogP contribution in [0.2, 0.25) is 0 Å². The number of fused-ring (bicyclic) bond motifs is 1. The second-order valence-electron chi connectivity index (χ2n) is 6.58. The highest BCUT2D eigenvalue weighted by Gasteiger charge is 2.09. The zero-order chi connectivity index (χ0) is 20.1. The van der Waals surface area contributed by atoms with Gasteiger partial charge in [0.05, 0.1) is 5.52 Å². The number of aryl methyl sites for hydroxylation is 1. The molecule has 146 valence electrons. The predicted molar refractivity (Wildman–Crippen MR) is 111 cm³/mol. The summed E-state index contributed by atoms with van der Waals surface area (Å²) >= 11 is 0. The van der Waals surface area contributed by atoms with Gasteiger partial charge in [0, 0.05) is 18.7 Å². The molecular formula is C23H20N2O4. The fourth-order valence-corrected chi connectivity index (χ4v) is 3.08. The number of aromatic nitrogens is 1. The summed E-state index contributed by atoms with van der Waals surface area (Å²) < 4.78 is 12.5. The molecule has 0 fully saturated rings. The monoisotopic (exact) mass is 388 g/mol. The van der Waals surface area contributed by atoms with E-state index in [4.69, 9.17) is 9.15 Å². The molecule has 1 heterocycles. The van der Waals surface area contributed by atoms with E-state index in [1.807, 2.05) is 48.5 Å². The Kier molecular flexibility index (Phi) is 5.42. The molecular weight excluding hydrogens is 368 g/mol. The zero-order valence-corrected chi connectivity index (χ0v) is 15.7. The molecule has 4 rings (SSSR count). The van der Waals surface area contributed by atoms with Crippen molar-refractivity contribution < 1.29 is 13.9 Å². The van der Waals surface area contributed by atoms with Crippen LogP contribution < -0.4 is 15.8 Å². The number of carbonyl (C=O) groups excluding carboxylic acids is 1. The maximum absolute atomic E-state index is 12.2. The number of hydrogen-bond acceptors (Lipinski definition) is 4.